The number of carbonyl (C=O) groups is 1. The molecule has 0 N–H and O–H groups in total. The fourth-order valence-corrected chi connectivity index (χ4v) is 3.74. The Balaban J connectivity index is 2.00. The van der Waals surface area contributed by atoms with Crippen LogP contribution in [0.1, 0.15) is 23.0 Å². The highest BCUT2D eigenvalue weighted by Gasteiger charge is 2.42. The topological polar surface area (TPSA) is 113 Å². The van der Waals surface area contributed by atoms with E-state index in [1.807, 2.05) is 0 Å². The molecule has 0 fully saturated rings. The fraction of sp³-hybridized carbons (Fsp3) is 0.136. The third-order valence-corrected chi connectivity index (χ3v) is 5.25. The summed E-state index contributed by atoms with van der Waals surface area (Å²) in [6.45, 7) is 1.30. The van der Waals surface area contributed by atoms with Gasteiger partial charge in [-0.25, -0.2) is 13.9 Å². The average molecular weight is 525 g/mol. The lowest BCUT2D eigenvalue weighted by Gasteiger charge is -2.12. The van der Waals surface area contributed by atoms with Gasteiger partial charge in [0.1, 0.15) is 17.1 Å². The number of hydrogen-bond acceptors (Lipinski definition) is 7. The highest BCUT2D eigenvalue weighted by molar-refractivity contribution is 6.33. The van der Waals surface area contributed by atoms with Crippen LogP contribution >= 0.6 is 11.6 Å². The number of halogens is 5. The van der Waals surface area contributed by atoms with Crippen molar-refractivity contribution in [3.05, 3.63) is 80.9 Å². The van der Waals surface area contributed by atoms with Crippen LogP contribution in [-0.4, -0.2) is 32.4 Å². The molecule has 0 saturated heterocycles. The summed E-state index contributed by atoms with van der Waals surface area (Å²) in [4.78, 5) is 23.1. The first-order valence-corrected chi connectivity index (χ1v) is 10.4. The molecule has 186 valence electrons. The van der Waals surface area contributed by atoms with Crippen molar-refractivity contribution in [3.8, 4) is 28.3 Å². The van der Waals surface area contributed by atoms with Crippen LogP contribution in [0.5, 0.6) is 0 Å². The van der Waals surface area contributed by atoms with Crippen molar-refractivity contribution in [2.24, 2.45) is 0 Å². The predicted octanol–water partition coefficient (Wildman–Crippen LogP) is 6.09. The second-order valence-electron chi connectivity index (χ2n) is 7.15. The first kappa shape index (κ1) is 24.9. The molecule has 0 bridgehead atoms. The maximum Gasteiger partial charge on any atom is 0.434 e. The molecule has 0 aliphatic rings. The smallest absolute Gasteiger partial charge is 0.434 e. The number of aromatic nitrogens is 3. The predicted molar refractivity (Wildman–Crippen MR) is 117 cm³/mol. The van der Waals surface area contributed by atoms with E-state index in [0.29, 0.717) is 4.68 Å². The minimum absolute atomic E-state index is 0.160. The van der Waals surface area contributed by atoms with Crippen LogP contribution in [0.4, 0.5) is 23.2 Å². The van der Waals surface area contributed by atoms with E-state index in [1.165, 1.54) is 31.2 Å². The molecule has 0 unspecified atom stereocenters. The van der Waals surface area contributed by atoms with Crippen molar-refractivity contribution in [2.75, 3.05) is 6.61 Å². The van der Waals surface area contributed by atoms with E-state index in [-0.39, 0.29) is 22.9 Å². The third-order valence-electron chi connectivity index (χ3n) is 4.94. The largest absolute Gasteiger partial charge is 0.462 e. The lowest BCUT2D eigenvalue weighted by molar-refractivity contribution is -0.384. The zero-order valence-corrected chi connectivity index (χ0v) is 18.8. The number of esters is 1. The molecule has 2 heterocycles. The normalized spacial score (nSPS) is 11.5. The molecule has 14 heteroatoms. The monoisotopic (exact) mass is 524 g/mol. The number of nitrogens with zero attached hydrogens (tertiary/aromatic N) is 4. The third kappa shape index (κ3) is 4.40. The Morgan fingerprint density at radius 1 is 1.25 bits per heavy atom. The molecule has 0 spiro atoms. The number of non-ortho nitro benzene ring substituents is 1. The summed E-state index contributed by atoms with van der Waals surface area (Å²) in [5, 5.41) is 18.3. The molecule has 2 aromatic heterocycles. The quantitative estimate of drug-likeness (QED) is 0.130. The Kier molecular flexibility index (Phi) is 6.50. The van der Waals surface area contributed by atoms with Gasteiger partial charge >= 0.3 is 12.1 Å². The van der Waals surface area contributed by atoms with Crippen molar-refractivity contribution >= 4 is 23.3 Å². The molecule has 0 radical (unpaired) electrons. The zero-order chi connectivity index (χ0) is 26.2. The van der Waals surface area contributed by atoms with Gasteiger partial charge in [0.25, 0.3) is 5.69 Å². The Morgan fingerprint density at radius 2 is 1.97 bits per heavy atom. The van der Waals surface area contributed by atoms with E-state index in [2.05, 4.69) is 10.3 Å². The fourth-order valence-electron chi connectivity index (χ4n) is 3.48. The average Bonchev–Trinajstić information content (AvgIpc) is 3.44. The molecule has 4 aromatic rings. The molecule has 0 atom stereocenters. The van der Waals surface area contributed by atoms with Crippen molar-refractivity contribution in [2.45, 2.75) is 13.1 Å². The number of rotatable bonds is 6. The summed E-state index contributed by atoms with van der Waals surface area (Å²) in [5.41, 5.74) is -4.36. The van der Waals surface area contributed by atoms with E-state index >= 15 is 0 Å². The maximum atomic E-state index is 14.6. The SMILES string of the molecule is CCOC(=O)c1c(-c2c(F)cccc2Cl)noc1-c1cnn(-c2cccc([N+](=O)[O-])c2)c1C(F)(F)F. The van der Waals surface area contributed by atoms with Gasteiger partial charge in [0.15, 0.2) is 11.5 Å². The van der Waals surface area contributed by atoms with Crippen molar-refractivity contribution < 1.29 is 36.5 Å². The van der Waals surface area contributed by atoms with Gasteiger partial charge in [-0.3, -0.25) is 10.1 Å². The molecule has 2 aromatic carbocycles. The lowest BCUT2D eigenvalue weighted by atomic mass is 10.0. The number of carbonyl (C=O) groups excluding carboxylic acids is 1. The van der Waals surface area contributed by atoms with Gasteiger partial charge in [-0.1, -0.05) is 28.9 Å². The highest BCUT2D eigenvalue weighted by Crippen LogP contribution is 2.43. The van der Waals surface area contributed by atoms with Crippen LogP contribution in [0, 0.1) is 15.9 Å². The molecule has 0 amide bonds. The van der Waals surface area contributed by atoms with Gasteiger partial charge in [-0.15, -0.1) is 0 Å². The number of alkyl halides is 3. The van der Waals surface area contributed by atoms with E-state index in [0.717, 1.165) is 24.4 Å². The first-order valence-electron chi connectivity index (χ1n) is 10.1. The second kappa shape index (κ2) is 9.41. The van der Waals surface area contributed by atoms with Crippen molar-refractivity contribution in [1.29, 1.82) is 0 Å². The molecule has 9 nitrogen and oxygen atoms in total. The molecule has 4 rings (SSSR count). The van der Waals surface area contributed by atoms with E-state index < -0.39 is 56.8 Å². The maximum absolute atomic E-state index is 14.6. The van der Waals surface area contributed by atoms with E-state index in [1.54, 1.807) is 0 Å². The number of hydrogen-bond donors (Lipinski definition) is 0. The van der Waals surface area contributed by atoms with Gasteiger partial charge in [0.2, 0.25) is 0 Å². The van der Waals surface area contributed by atoms with Crippen LogP contribution in [0.15, 0.2) is 53.2 Å². The number of ether oxygens (including phenoxy) is 1. The minimum Gasteiger partial charge on any atom is -0.462 e. The second-order valence-corrected chi connectivity index (χ2v) is 7.55. The summed E-state index contributed by atoms with van der Waals surface area (Å²) < 4.78 is 67.9. The van der Waals surface area contributed by atoms with E-state index in [4.69, 9.17) is 20.9 Å². The summed E-state index contributed by atoms with van der Waals surface area (Å²) in [6.07, 6.45) is -4.33. The van der Waals surface area contributed by atoms with Crippen molar-refractivity contribution in [1.82, 2.24) is 14.9 Å². The van der Waals surface area contributed by atoms with Crippen LogP contribution in [-0.2, 0) is 10.9 Å². The van der Waals surface area contributed by atoms with E-state index in [9.17, 15) is 32.5 Å². The Bertz CT molecular complexity index is 1460. The molecule has 0 aliphatic heterocycles. The lowest BCUT2D eigenvalue weighted by Crippen LogP contribution is -2.15. The van der Waals surface area contributed by atoms with Crippen LogP contribution in [0.25, 0.3) is 28.3 Å². The molecule has 0 saturated carbocycles. The molecular formula is C22H13ClF4N4O5. The van der Waals surface area contributed by atoms with Gasteiger partial charge in [0.05, 0.1) is 39.6 Å². The Labute approximate surface area is 204 Å². The molecular weight excluding hydrogens is 512 g/mol. The number of benzene rings is 2. The van der Waals surface area contributed by atoms with Crippen LogP contribution < -0.4 is 0 Å². The summed E-state index contributed by atoms with van der Waals surface area (Å²) in [7, 11) is 0. The Morgan fingerprint density at radius 3 is 2.61 bits per heavy atom. The van der Waals surface area contributed by atoms with Gasteiger partial charge in [-0.05, 0) is 25.1 Å². The zero-order valence-electron chi connectivity index (χ0n) is 18.0. The molecule has 36 heavy (non-hydrogen) atoms. The van der Waals surface area contributed by atoms with Gasteiger partial charge in [0, 0.05) is 12.1 Å². The first-order chi connectivity index (χ1) is 17.0. The van der Waals surface area contributed by atoms with Gasteiger partial charge < -0.3 is 9.26 Å². The standard InChI is InChI=1S/C22H13ClF4N4O5/c1-2-35-21(32)17-18(16-14(23)7-4-8-15(16)24)29-36-19(17)13-10-28-30(20(13)22(25,26)27)11-5-3-6-12(9-11)31(33)34/h3-10H,2H2,1H3. The summed E-state index contributed by atoms with van der Waals surface area (Å²) in [6, 6.07) is 7.96. The number of nitro benzene ring substituents is 1. The minimum atomic E-state index is -5.08. The van der Waals surface area contributed by atoms with Crippen LogP contribution in [0.2, 0.25) is 5.02 Å². The van der Waals surface area contributed by atoms with Gasteiger partial charge in [-0.2, -0.15) is 18.3 Å². The summed E-state index contributed by atoms with van der Waals surface area (Å²) >= 11 is 6.08. The highest BCUT2D eigenvalue weighted by atomic mass is 35.5. The Hall–Kier alpha value is -4.26. The number of nitro groups is 1. The van der Waals surface area contributed by atoms with Crippen LogP contribution in [0.3, 0.4) is 0 Å². The summed E-state index contributed by atoms with van der Waals surface area (Å²) in [5.74, 6) is -2.75. The molecule has 0 aliphatic carbocycles. The van der Waals surface area contributed by atoms with Crippen molar-refractivity contribution in [3.63, 3.8) is 0 Å².